The lowest BCUT2D eigenvalue weighted by Gasteiger charge is -2.44. The van der Waals surface area contributed by atoms with Gasteiger partial charge in [0.25, 0.3) is 0 Å². The van der Waals surface area contributed by atoms with Gasteiger partial charge in [-0.3, -0.25) is 9.88 Å². The Labute approximate surface area is 139 Å². The minimum absolute atomic E-state index is 0.272. The number of piperidine rings is 1. The first-order valence-electron chi connectivity index (χ1n) is 7.79. The molecule has 2 heterocycles. The first-order chi connectivity index (χ1) is 11.0. The lowest BCUT2D eigenvalue weighted by atomic mass is 9.97. The number of hydrogen-bond acceptors (Lipinski definition) is 3. The molecule has 0 aromatic carbocycles. The Hall–Kier alpha value is -1.99. The Morgan fingerprint density at radius 2 is 2.00 bits per heavy atom. The molecule has 24 heavy (non-hydrogen) atoms. The van der Waals surface area contributed by atoms with Crippen molar-refractivity contribution in [3.05, 3.63) is 24.0 Å². The van der Waals surface area contributed by atoms with E-state index >= 15 is 0 Å². The largest absolute Gasteiger partial charge is 0.465 e. The Morgan fingerprint density at radius 1 is 1.33 bits per heavy atom. The fourth-order valence-corrected chi connectivity index (χ4v) is 3.15. The van der Waals surface area contributed by atoms with Gasteiger partial charge in [0.2, 0.25) is 0 Å². The highest BCUT2D eigenvalue weighted by atomic mass is 19.4. The number of amides is 1. The van der Waals surface area contributed by atoms with E-state index in [1.807, 2.05) is 20.8 Å². The minimum Gasteiger partial charge on any atom is -0.465 e. The molecule has 1 aliphatic heterocycles. The minimum atomic E-state index is -4.45. The Morgan fingerprint density at radius 3 is 2.54 bits per heavy atom. The van der Waals surface area contributed by atoms with Crippen molar-refractivity contribution in [2.24, 2.45) is 0 Å². The maximum atomic E-state index is 12.9. The quantitative estimate of drug-likeness (QED) is 0.885. The van der Waals surface area contributed by atoms with Gasteiger partial charge in [0, 0.05) is 24.8 Å². The van der Waals surface area contributed by atoms with Crippen LogP contribution in [0.5, 0.6) is 0 Å². The zero-order valence-electron chi connectivity index (χ0n) is 14.0. The van der Waals surface area contributed by atoms with Crippen LogP contribution in [0.2, 0.25) is 0 Å². The number of anilines is 1. The van der Waals surface area contributed by atoms with E-state index in [4.69, 9.17) is 0 Å². The van der Waals surface area contributed by atoms with E-state index in [-0.39, 0.29) is 6.04 Å². The average Bonchev–Trinajstić information content (AvgIpc) is 2.45. The summed E-state index contributed by atoms with van der Waals surface area (Å²) >= 11 is 0. The molecule has 0 spiro atoms. The van der Waals surface area contributed by atoms with Gasteiger partial charge in [0.1, 0.15) is 0 Å². The van der Waals surface area contributed by atoms with Crippen LogP contribution in [0.3, 0.4) is 0 Å². The smallest absolute Gasteiger partial charge is 0.417 e. The van der Waals surface area contributed by atoms with Crippen LogP contribution in [0.4, 0.5) is 23.7 Å². The number of pyridine rings is 1. The third-order valence-corrected chi connectivity index (χ3v) is 4.11. The van der Waals surface area contributed by atoms with Crippen LogP contribution in [0.15, 0.2) is 18.5 Å². The summed E-state index contributed by atoms with van der Waals surface area (Å²) in [6, 6.07) is 0.795. The molecule has 5 nitrogen and oxygen atoms in total. The second-order valence-electron chi connectivity index (χ2n) is 7.00. The normalized spacial score (nSPS) is 19.2. The highest BCUT2D eigenvalue weighted by Crippen LogP contribution is 2.32. The van der Waals surface area contributed by atoms with Crippen molar-refractivity contribution in [3.63, 3.8) is 0 Å². The first-order valence-corrected chi connectivity index (χ1v) is 7.79. The molecule has 1 fully saturated rings. The van der Waals surface area contributed by atoms with Gasteiger partial charge < -0.3 is 10.0 Å². The molecule has 8 heteroatoms. The van der Waals surface area contributed by atoms with Gasteiger partial charge in [0.15, 0.2) is 0 Å². The van der Waals surface area contributed by atoms with Crippen molar-refractivity contribution < 1.29 is 23.1 Å². The summed E-state index contributed by atoms with van der Waals surface area (Å²) in [6.45, 7) is 6.37. The molecule has 1 aromatic rings. The van der Waals surface area contributed by atoms with Gasteiger partial charge in [-0.1, -0.05) is 0 Å². The monoisotopic (exact) mass is 345 g/mol. The number of rotatable bonds is 2. The lowest BCUT2D eigenvalue weighted by molar-refractivity contribution is -0.137. The van der Waals surface area contributed by atoms with Crippen molar-refractivity contribution in [1.29, 1.82) is 0 Å². The topological polar surface area (TPSA) is 56.7 Å². The number of nitrogens with zero attached hydrogens (tertiary/aromatic N) is 3. The maximum Gasteiger partial charge on any atom is 0.417 e. The van der Waals surface area contributed by atoms with Gasteiger partial charge in [-0.05, 0) is 39.7 Å². The van der Waals surface area contributed by atoms with E-state index in [2.05, 4.69) is 4.98 Å². The van der Waals surface area contributed by atoms with Crippen molar-refractivity contribution >= 4 is 11.8 Å². The SMILES string of the molecule is CC(C)(C)N(C(=O)O)C1CCCN(c2cncc(C(F)(F)F)c2)C1. The summed E-state index contributed by atoms with van der Waals surface area (Å²) in [4.78, 5) is 18.5. The van der Waals surface area contributed by atoms with Crippen LogP contribution < -0.4 is 4.90 Å². The molecule has 2 rings (SSSR count). The number of aromatic nitrogens is 1. The van der Waals surface area contributed by atoms with Crippen LogP contribution in [-0.4, -0.2) is 45.8 Å². The summed E-state index contributed by atoms with van der Waals surface area (Å²) in [7, 11) is 0. The van der Waals surface area contributed by atoms with E-state index in [9.17, 15) is 23.1 Å². The molecule has 0 bridgehead atoms. The van der Waals surface area contributed by atoms with Gasteiger partial charge in [0.05, 0.1) is 23.5 Å². The Bertz CT molecular complexity index is 599. The maximum absolute atomic E-state index is 12.9. The third-order valence-electron chi connectivity index (χ3n) is 4.11. The summed E-state index contributed by atoms with van der Waals surface area (Å²) in [6.07, 6.45) is -1.88. The summed E-state index contributed by atoms with van der Waals surface area (Å²) < 4.78 is 38.6. The molecular formula is C16H22F3N3O2. The fourth-order valence-electron chi connectivity index (χ4n) is 3.15. The molecule has 1 N–H and O–H groups in total. The number of halogens is 3. The summed E-state index contributed by atoms with van der Waals surface area (Å²) in [5.74, 6) is 0. The predicted molar refractivity (Wildman–Crippen MR) is 84.1 cm³/mol. The van der Waals surface area contributed by atoms with E-state index in [1.165, 1.54) is 11.1 Å². The predicted octanol–water partition coefficient (Wildman–Crippen LogP) is 3.85. The molecule has 0 aliphatic carbocycles. The number of hydrogen-bond donors (Lipinski definition) is 1. The molecule has 134 valence electrons. The van der Waals surface area contributed by atoms with Crippen molar-refractivity contribution in [2.45, 2.75) is 51.4 Å². The Balaban J connectivity index is 2.23. The fraction of sp³-hybridized carbons (Fsp3) is 0.625. The molecule has 1 saturated heterocycles. The molecule has 1 aliphatic rings. The van der Waals surface area contributed by atoms with Crippen molar-refractivity contribution in [2.75, 3.05) is 18.0 Å². The van der Waals surface area contributed by atoms with Gasteiger partial charge in [-0.15, -0.1) is 0 Å². The van der Waals surface area contributed by atoms with Crippen LogP contribution in [0, 0.1) is 0 Å². The van der Waals surface area contributed by atoms with Gasteiger partial charge in [-0.25, -0.2) is 4.79 Å². The number of alkyl halides is 3. The molecule has 1 unspecified atom stereocenters. The first kappa shape index (κ1) is 18.4. The van der Waals surface area contributed by atoms with Crippen LogP contribution >= 0.6 is 0 Å². The van der Waals surface area contributed by atoms with Crippen LogP contribution in [-0.2, 0) is 6.18 Å². The van der Waals surface area contributed by atoms with Gasteiger partial charge in [-0.2, -0.15) is 13.2 Å². The van der Waals surface area contributed by atoms with Gasteiger partial charge >= 0.3 is 12.3 Å². The second kappa shape index (κ2) is 6.49. The molecule has 1 aromatic heterocycles. The molecular weight excluding hydrogens is 323 g/mol. The van der Waals surface area contributed by atoms with Crippen molar-refractivity contribution in [1.82, 2.24) is 9.88 Å². The average molecular weight is 345 g/mol. The molecule has 1 amide bonds. The summed E-state index contributed by atoms with van der Waals surface area (Å²) in [5.41, 5.74) is -1.01. The second-order valence-corrected chi connectivity index (χ2v) is 7.00. The standard InChI is InChI=1S/C16H22F3N3O2/c1-15(2,3)22(14(23)24)12-5-4-6-21(10-12)13-7-11(8-20-9-13)16(17,18)19/h7-9,12H,4-6,10H2,1-3H3,(H,23,24). The van der Waals surface area contributed by atoms with Crippen molar-refractivity contribution in [3.8, 4) is 0 Å². The molecule has 1 atom stereocenters. The zero-order valence-corrected chi connectivity index (χ0v) is 14.0. The van der Waals surface area contributed by atoms with E-state index in [0.29, 0.717) is 31.6 Å². The highest BCUT2D eigenvalue weighted by Gasteiger charge is 2.36. The van der Waals surface area contributed by atoms with Crippen LogP contribution in [0.1, 0.15) is 39.2 Å². The zero-order chi connectivity index (χ0) is 18.1. The third kappa shape index (κ3) is 4.10. The number of carbonyl (C=O) groups is 1. The number of carboxylic acid groups (broad SMARTS) is 1. The van der Waals surface area contributed by atoms with E-state index in [0.717, 1.165) is 12.3 Å². The van der Waals surface area contributed by atoms with Crippen LogP contribution in [0.25, 0.3) is 0 Å². The Kier molecular flexibility index (Phi) is 4.96. The lowest BCUT2D eigenvalue weighted by Crippen LogP contribution is -2.56. The molecule has 0 radical (unpaired) electrons. The molecule has 0 saturated carbocycles. The van der Waals surface area contributed by atoms with E-state index < -0.39 is 23.4 Å². The highest BCUT2D eigenvalue weighted by molar-refractivity contribution is 5.66. The van der Waals surface area contributed by atoms with E-state index in [1.54, 1.807) is 4.90 Å². The summed E-state index contributed by atoms with van der Waals surface area (Å²) in [5, 5.41) is 9.52.